The number of aromatic hydroxyl groups is 1. The van der Waals surface area contributed by atoms with Gasteiger partial charge in [-0.25, -0.2) is 4.79 Å². The van der Waals surface area contributed by atoms with Crippen molar-refractivity contribution < 1.29 is 14.7 Å². The number of phenols is 1. The van der Waals surface area contributed by atoms with Crippen LogP contribution >= 0.6 is 0 Å². The number of nitrogens with zero attached hydrogens (tertiary/aromatic N) is 2. The number of carbonyl (C=O) groups excluding carboxylic acids is 2. The summed E-state index contributed by atoms with van der Waals surface area (Å²) in [7, 11) is 3.37. The molecule has 0 spiro atoms. The molecule has 1 aromatic rings. The summed E-state index contributed by atoms with van der Waals surface area (Å²) < 4.78 is 0. The van der Waals surface area contributed by atoms with E-state index in [0.717, 1.165) is 11.3 Å². The van der Waals surface area contributed by atoms with E-state index < -0.39 is 6.04 Å². The van der Waals surface area contributed by atoms with Crippen LogP contribution in [0.2, 0.25) is 0 Å². The number of nitrogens with one attached hydrogen (secondary N) is 1. The molecule has 3 amide bonds. The Kier molecular flexibility index (Phi) is 2.67. The Morgan fingerprint density at radius 3 is 2.50 bits per heavy atom. The molecule has 0 bridgehead atoms. The van der Waals surface area contributed by atoms with Gasteiger partial charge in [-0.2, -0.15) is 0 Å². The predicted molar refractivity (Wildman–Crippen MR) is 71.8 cm³/mol. The molecule has 104 valence electrons. The molecule has 1 aromatic carbocycles. The van der Waals surface area contributed by atoms with Gasteiger partial charge in [-0.15, -0.1) is 0 Å². The van der Waals surface area contributed by atoms with Crippen LogP contribution in [0, 0.1) is 0 Å². The van der Waals surface area contributed by atoms with Gasteiger partial charge in [0.05, 0.1) is 23.9 Å². The fourth-order valence-corrected chi connectivity index (χ4v) is 2.62. The van der Waals surface area contributed by atoms with Gasteiger partial charge in [-0.05, 0) is 17.7 Å². The number of likely N-dealkylation sites (N-methyl/N-ethyl adjacent to an activating group) is 2. The van der Waals surface area contributed by atoms with E-state index in [1.807, 2.05) is 0 Å². The van der Waals surface area contributed by atoms with Crippen LogP contribution in [-0.2, 0) is 4.79 Å². The number of hydrogen-bond donors (Lipinski definition) is 2. The summed E-state index contributed by atoms with van der Waals surface area (Å²) in [4.78, 5) is 27.4. The lowest BCUT2D eigenvalue weighted by Crippen LogP contribution is -2.45. The molecule has 0 aromatic heterocycles. The molecule has 2 aliphatic rings. The van der Waals surface area contributed by atoms with Gasteiger partial charge in [0, 0.05) is 14.1 Å². The first-order chi connectivity index (χ1) is 9.49. The van der Waals surface area contributed by atoms with E-state index in [1.165, 1.54) is 4.90 Å². The van der Waals surface area contributed by atoms with Crippen LogP contribution in [0.25, 0.3) is 0 Å². The second kappa shape index (κ2) is 4.26. The molecular weight excluding hydrogens is 258 g/mol. The number of urea groups is 1. The second-order valence-corrected chi connectivity index (χ2v) is 5.05. The number of hydrogen-bond acceptors (Lipinski definition) is 3. The van der Waals surface area contributed by atoms with Crippen LogP contribution in [0.5, 0.6) is 5.75 Å². The molecule has 0 unspecified atom stereocenters. The quantitative estimate of drug-likeness (QED) is 0.795. The highest BCUT2D eigenvalue weighted by Crippen LogP contribution is 2.35. The van der Waals surface area contributed by atoms with E-state index in [9.17, 15) is 14.7 Å². The first kappa shape index (κ1) is 12.5. The van der Waals surface area contributed by atoms with Gasteiger partial charge in [0.1, 0.15) is 5.75 Å². The average Bonchev–Trinajstić information content (AvgIpc) is 2.72. The first-order valence-corrected chi connectivity index (χ1v) is 6.30. The molecular formula is C14H15N3O3. The molecule has 0 radical (unpaired) electrons. The van der Waals surface area contributed by atoms with Crippen LogP contribution in [-0.4, -0.2) is 47.5 Å². The average molecular weight is 273 g/mol. The number of benzene rings is 1. The lowest BCUT2D eigenvalue weighted by Gasteiger charge is -2.31. The Hall–Kier alpha value is -2.50. The minimum Gasteiger partial charge on any atom is -0.508 e. The van der Waals surface area contributed by atoms with Crippen LogP contribution in [0.15, 0.2) is 35.5 Å². The smallest absolute Gasteiger partial charge is 0.322 e. The molecule has 20 heavy (non-hydrogen) atoms. The first-order valence-electron chi connectivity index (χ1n) is 6.30. The van der Waals surface area contributed by atoms with Gasteiger partial charge in [-0.3, -0.25) is 9.69 Å². The van der Waals surface area contributed by atoms with Crippen molar-refractivity contribution >= 4 is 11.9 Å². The van der Waals surface area contributed by atoms with Crippen LogP contribution in [0.3, 0.4) is 0 Å². The fraction of sp³-hybridized carbons (Fsp3) is 0.286. The molecule has 2 aliphatic heterocycles. The van der Waals surface area contributed by atoms with Gasteiger partial charge >= 0.3 is 6.03 Å². The molecule has 3 rings (SSSR count). The minimum atomic E-state index is -0.466. The van der Waals surface area contributed by atoms with Gasteiger partial charge < -0.3 is 15.3 Å². The highest BCUT2D eigenvalue weighted by atomic mass is 16.3. The van der Waals surface area contributed by atoms with Crippen molar-refractivity contribution in [3.63, 3.8) is 0 Å². The molecule has 0 saturated carbocycles. The topological polar surface area (TPSA) is 72.9 Å². The van der Waals surface area contributed by atoms with Gasteiger partial charge in [0.15, 0.2) is 0 Å². The van der Waals surface area contributed by atoms with E-state index in [0.29, 0.717) is 12.1 Å². The Morgan fingerprint density at radius 2 is 1.85 bits per heavy atom. The third-order valence-electron chi connectivity index (χ3n) is 3.77. The van der Waals surface area contributed by atoms with Crippen molar-refractivity contribution in [1.29, 1.82) is 0 Å². The molecule has 6 heteroatoms. The van der Waals surface area contributed by atoms with Gasteiger partial charge in [-0.1, -0.05) is 12.1 Å². The van der Waals surface area contributed by atoms with Crippen molar-refractivity contribution in [3.05, 3.63) is 41.1 Å². The van der Waals surface area contributed by atoms with E-state index in [-0.39, 0.29) is 17.7 Å². The zero-order valence-corrected chi connectivity index (χ0v) is 11.3. The maximum atomic E-state index is 12.3. The third kappa shape index (κ3) is 1.72. The highest BCUT2D eigenvalue weighted by Gasteiger charge is 2.41. The second-order valence-electron chi connectivity index (χ2n) is 5.05. The summed E-state index contributed by atoms with van der Waals surface area (Å²) in [6.07, 6.45) is 0. The highest BCUT2D eigenvalue weighted by molar-refractivity contribution is 6.01. The molecule has 6 nitrogen and oxygen atoms in total. The van der Waals surface area contributed by atoms with Crippen LogP contribution < -0.4 is 5.32 Å². The summed E-state index contributed by atoms with van der Waals surface area (Å²) in [5.41, 5.74) is 2.11. The third-order valence-corrected chi connectivity index (χ3v) is 3.77. The van der Waals surface area contributed by atoms with Crippen molar-refractivity contribution in [1.82, 2.24) is 15.1 Å². The number of phenolic OH excluding ortho intramolecular Hbond substituents is 1. The summed E-state index contributed by atoms with van der Waals surface area (Å²) >= 11 is 0. The van der Waals surface area contributed by atoms with Crippen molar-refractivity contribution in [2.24, 2.45) is 0 Å². The Balaban J connectivity index is 2.08. The van der Waals surface area contributed by atoms with E-state index in [4.69, 9.17) is 0 Å². The molecule has 0 aliphatic carbocycles. The largest absolute Gasteiger partial charge is 0.508 e. The Bertz CT molecular complexity index is 621. The maximum Gasteiger partial charge on any atom is 0.322 e. The molecule has 0 fully saturated rings. The number of amides is 3. The maximum absolute atomic E-state index is 12.3. The molecule has 2 heterocycles. The van der Waals surface area contributed by atoms with E-state index in [1.54, 1.807) is 43.3 Å². The summed E-state index contributed by atoms with van der Waals surface area (Å²) in [6.45, 7) is 0.437. The van der Waals surface area contributed by atoms with E-state index >= 15 is 0 Å². The van der Waals surface area contributed by atoms with Crippen molar-refractivity contribution in [3.8, 4) is 5.75 Å². The van der Waals surface area contributed by atoms with Crippen molar-refractivity contribution in [2.75, 3.05) is 20.6 Å². The van der Waals surface area contributed by atoms with Gasteiger partial charge in [0.25, 0.3) is 5.91 Å². The number of carbonyl (C=O) groups is 2. The summed E-state index contributed by atoms with van der Waals surface area (Å²) in [5, 5.41) is 12.2. The summed E-state index contributed by atoms with van der Waals surface area (Å²) in [6, 6.07) is 5.81. The molecule has 1 atom stereocenters. The zero-order valence-electron chi connectivity index (χ0n) is 11.3. The normalized spacial score (nSPS) is 22.2. The lowest BCUT2D eigenvalue weighted by molar-refractivity contribution is -0.124. The summed E-state index contributed by atoms with van der Waals surface area (Å²) in [5.74, 6) is 0.0713. The lowest BCUT2D eigenvalue weighted by atomic mass is 9.96. The number of rotatable bonds is 1. The standard InChI is InChI=1S/C14H15N3O3/c1-16-7-10-11(13(16)19)12(15-14(20)17(10)2)8-3-5-9(18)6-4-8/h3-6,12,18H,7H2,1-2H3,(H,15,20)/t12-/m1/s1. The molecule has 0 saturated heterocycles. The molecule has 2 N–H and O–H groups in total. The SMILES string of the molecule is CN1CC2=C(C1=O)[C@@H](c1ccc(O)cc1)NC(=O)N2C. The van der Waals surface area contributed by atoms with Crippen molar-refractivity contribution in [2.45, 2.75) is 6.04 Å². The monoisotopic (exact) mass is 273 g/mol. The fourth-order valence-electron chi connectivity index (χ4n) is 2.62. The van der Waals surface area contributed by atoms with E-state index in [2.05, 4.69) is 5.32 Å². The van der Waals surface area contributed by atoms with Gasteiger partial charge in [0.2, 0.25) is 0 Å². The van der Waals surface area contributed by atoms with Crippen LogP contribution in [0.4, 0.5) is 4.79 Å². The van der Waals surface area contributed by atoms with Crippen LogP contribution in [0.1, 0.15) is 11.6 Å². The minimum absolute atomic E-state index is 0.0788. The Labute approximate surface area is 116 Å². The Morgan fingerprint density at radius 1 is 1.20 bits per heavy atom. The zero-order chi connectivity index (χ0) is 14.4. The predicted octanol–water partition coefficient (Wildman–Crippen LogP) is 0.814.